The molecule has 0 radical (unpaired) electrons. The van der Waals surface area contributed by atoms with Crippen LogP contribution in [0.1, 0.15) is 16.7 Å². The van der Waals surface area contributed by atoms with Crippen molar-refractivity contribution in [2.24, 2.45) is 0 Å². The second-order valence-corrected chi connectivity index (χ2v) is 6.21. The van der Waals surface area contributed by atoms with Crippen LogP contribution in [0.15, 0.2) is 47.6 Å². The van der Waals surface area contributed by atoms with Crippen molar-refractivity contribution in [2.45, 2.75) is 24.8 Å². The van der Waals surface area contributed by atoms with E-state index in [0.717, 1.165) is 33.5 Å². The Balaban J connectivity index is 1.86. The van der Waals surface area contributed by atoms with Crippen LogP contribution in [-0.2, 0) is 5.75 Å². The summed E-state index contributed by atoms with van der Waals surface area (Å²) in [4.78, 5) is 0. The van der Waals surface area contributed by atoms with Crippen LogP contribution < -0.4 is 4.74 Å². The average Bonchev–Trinajstić information content (AvgIpc) is 3.03. The van der Waals surface area contributed by atoms with E-state index in [-0.39, 0.29) is 0 Å². The minimum Gasteiger partial charge on any atom is -0.496 e. The van der Waals surface area contributed by atoms with E-state index in [1.165, 1.54) is 5.56 Å². The number of rotatable bonds is 5. The third-order valence-electron chi connectivity index (χ3n) is 3.58. The zero-order valence-electron chi connectivity index (χ0n) is 13.4. The lowest BCUT2D eigenvalue weighted by Gasteiger charge is -2.10. The molecule has 1 aromatic heterocycles. The SMILES string of the molecule is COc1ccccc1CSc1nnnn1-c1cc(C)ccc1C. The highest BCUT2D eigenvalue weighted by Crippen LogP contribution is 2.28. The minimum absolute atomic E-state index is 0.745. The first-order valence-electron chi connectivity index (χ1n) is 7.29. The van der Waals surface area contributed by atoms with Gasteiger partial charge in [0.15, 0.2) is 0 Å². The maximum absolute atomic E-state index is 5.39. The molecule has 0 atom stereocenters. The fourth-order valence-corrected chi connectivity index (χ4v) is 3.21. The number of benzene rings is 2. The number of ether oxygens (including phenoxy) is 1. The van der Waals surface area contributed by atoms with Crippen LogP contribution in [0, 0.1) is 13.8 Å². The Morgan fingerprint density at radius 3 is 2.78 bits per heavy atom. The molecule has 1 heterocycles. The Labute approximate surface area is 139 Å². The van der Waals surface area contributed by atoms with Crippen molar-refractivity contribution in [1.82, 2.24) is 20.2 Å². The molecular formula is C17H18N4OS. The number of hydrogen-bond acceptors (Lipinski definition) is 5. The normalized spacial score (nSPS) is 10.7. The third-order valence-corrected chi connectivity index (χ3v) is 4.55. The number of para-hydroxylation sites is 1. The molecule has 23 heavy (non-hydrogen) atoms. The van der Waals surface area contributed by atoms with E-state index in [2.05, 4.69) is 53.6 Å². The van der Waals surface area contributed by atoms with Gasteiger partial charge in [-0.05, 0) is 47.5 Å². The first-order chi connectivity index (χ1) is 11.2. The molecule has 0 saturated carbocycles. The van der Waals surface area contributed by atoms with E-state index in [1.807, 2.05) is 18.2 Å². The smallest absolute Gasteiger partial charge is 0.214 e. The number of methoxy groups -OCH3 is 1. The Bertz CT molecular complexity index is 816. The lowest BCUT2D eigenvalue weighted by Crippen LogP contribution is -2.02. The summed E-state index contributed by atoms with van der Waals surface area (Å²) < 4.78 is 7.19. The van der Waals surface area contributed by atoms with Gasteiger partial charge in [-0.2, -0.15) is 4.68 Å². The van der Waals surface area contributed by atoms with Crippen molar-refractivity contribution >= 4 is 11.8 Å². The predicted octanol–water partition coefficient (Wildman–Crippen LogP) is 3.58. The molecule has 0 fully saturated rings. The maximum Gasteiger partial charge on any atom is 0.214 e. The standard InChI is InChI=1S/C17H18N4OS/c1-12-8-9-13(2)15(10-12)21-17(18-19-20-21)23-11-14-6-4-5-7-16(14)22-3/h4-10H,11H2,1-3H3. The van der Waals surface area contributed by atoms with Crippen LogP contribution >= 0.6 is 11.8 Å². The van der Waals surface area contributed by atoms with Gasteiger partial charge in [-0.15, -0.1) is 5.10 Å². The van der Waals surface area contributed by atoms with Gasteiger partial charge in [0.25, 0.3) is 0 Å². The van der Waals surface area contributed by atoms with Crippen LogP contribution in [0.3, 0.4) is 0 Å². The summed E-state index contributed by atoms with van der Waals surface area (Å²) >= 11 is 1.59. The summed E-state index contributed by atoms with van der Waals surface area (Å²) in [7, 11) is 1.68. The van der Waals surface area contributed by atoms with Crippen LogP contribution in [-0.4, -0.2) is 27.3 Å². The van der Waals surface area contributed by atoms with Gasteiger partial charge in [0, 0.05) is 11.3 Å². The molecule has 0 N–H and O–H groups in total. The first-order valence-corrected chi connectivity index (χ1v) is 8.28. The van der Waals surface area contributed by atoms with E-state index < -0.39 is 0 Å². The molecule has 2 aromatic carbocycles. The zero-order chi connectivity index (χ0) is 16.2. The second-order valence-electron chi connectivity index (χ2n) is 5.26. The third kappa shape index (κ3) is 3.37. The van der Waals surface area contributed by atoms with Gasteiger partial charge in [-0.3, -0.25) is 0 Å². The molecule has 3 aromatic rings. The molecule has 5 nitrogen and oxygen atoms in total. The van der Waals surface area contributed by atoms with Crippen molar-refractivity contribution in [3.8, 4) is 11.4 Å². The quantitative estimate of drug-likeness (QED) is 0.671. The summed E-state index contributed by atoms with van der Waals surface area (Å²) in [6, 6.07) is 14.3. The molecule has 0 aliphatic carbocycles. The summed E-state index contributed by atoms with van der Waals surface area (Å²) in [5.41, 5.74) is 4.46. The van der Waals surface area contributed by atoms with Crippen molar-refractivity contribution in [3.05, 3.63) is 59.2 Å². The van der Waals surface area contributed by atoms with Gasteiger partial charge in [-0.25, -0.2) is 0 Å². The van der Waals surface area contributed by atoms with E-state index in [0.29, 0.717) is 0 Å². The topological polar surface area (TPSA) is 52.8 Å². The van der Waals surface area contributed by atoms with Crippen molar-refractivity contribution in [1.29, 1.82) is 0 Å². The number of thioether (sulfide) groups is 1. The molecule has 0 aliphatic rings. The number of aromatic nitrogens is 4. The number of aryl methyl sites for hydroxylation is 2. The molecule has 0 saturated heterocycles. The molecule has 0 aliphatic heterocycles. The van der Waals surface area contributed by atoms with Crippen LogP contribution in [0.4, 0.5) is 0 Å². The highest BCUT2D eigenvalue weighted by atomic mass is 32.2. The minimum atomic E-state index is 0.745. The van der Waals surface area contributed by atoms with Gasteiger partial charge in [0.05, 0.1) is 12.8 Å². The van der Waals surface area contributed by atoms with Crippen molar-refractivity contribution in [2.75, 3.05) is 7.11 Å². The van der Waals surface area contributed by atoms with Crippen molar-refractivity contribution < 1.29 is 4.74 Å². The van der Waals surface area contributed by atoms with Gasteiger partial charge in [0.1, 0.15) is 5.75 Å². The van der Waals surface area contributed by atoms with Gasteiger partial charge in [0.2, 0.25) is 5.16 Å². The first kappa shape index (κ1) is 15.6. The molecule has 6 heteroatoms. The van der Waals surface area contributed by atoms with E-state index in [9.17, 15) is 0 Å². The molecule has 118 valence electrons. The van der Waals surface area contributed by atoms with Gasteiger partial charge >= 0.3 is 0 Å². The number of tetrazole rings is 1. The Morgan fingerprint density at radius 1 is 1.13 bits per heavy atom. The van der Waals surface area contributed by atoms with Crippen molar-refractivity contribution in [3.63, 3.8) is 0 Å². The molecule has 0 spiro atoms. The summed E-state index contributed by atoms with van der Waals surface area (Å²) in [5, 5.41) is 12.9. The largest absolute Gasteiger partial charge is 0.496 e. The molecular weight excluding hydrogens is 308 g/mol. The maximum atomic E-state index is 5.39. The summed E-state index contributed by atoms with van der Waals surface area (Å²) in [6.07, 6.45) is 0. The van der Waals surface area contributed by atoms with Crippen LogP contribution in [0.2, 0.25) is 0 Å². The summed E-state index contributed by atoms with van der Waals surface area (Å²) in [6.45, 7) is 4.13. The Kier molecular flexibility index (Phi) is 4.62. The highest BCUT2D eigenvalue weighted by Gasteiger charge is 2.12. The van der Waals surface area contributed by atoms with Gasteiger partial charge < -0.3 is 4.74 Å². The molecule has 0 bridgehead atoms. The Morgan fingerprint density at radius 2 is 1.96 bits per heavy atom. The molecule has 0 unspecified atom stereocenters. The number of hydrogen-bond donors (Lipinski definition) is 0. The van der Waals surface area contributed by atoms with E-state index >= 15 is 0 Å². The summed E-state index contributed by atoms with van der Waals surface area (Å²) in [5.74, 6) is 1.63. The average molecular weight is 326 g/mol. The fourth-order valence-electron chi connectivity index (χ4n) is 2.33. The number of nitrogens with zero attached hydrogens (tertiary/aromatic N) is 4. The lowest BCUT2D eigenvalue weighted by molar-refractivity contribution is 0.411. The molecule has 0 amide bonds. The molecule has 3 rings (SSSR count). The van der Waals surface area contributed by atoms with Gasteiger partial charge in [-0.1, -0.05) is 42.1 Å². The monoisotopic (exact) mass is 326 g/mol. The fraction of sp³-hybridized carbons (Fsp3) is 0.235. The van der Waals surface area contributed by atoms with E-state index in [1.54, 1.807) is 23.6 Å². The van der Waals surface area contributed by atoms with E-state index in [4.69, 9.17) is 4.74 Å². The van der Waals surface area contributed by atoms with Crippen LogP contribution in [0.5, 0.6) is 5.75 Å². The highest BCUT2D eigenvalue weighted by molar-refractivity contribution is 7.98. The predicted molar refractivity (Wildman–Crippen MR) is 91.2 cm³/mol. The zero-order valence-corrected chi connectivity index (χ0v) is 14.2. The van der Waals surface area contributed by atoms with Crippen LogP contribution in [0.25, 0.3) is 5.69 Å². The lowest BCUT2D eigenvalue weighted by atomic mass is 10.1. The second kappa shape index (κ2) is 6.83. The Hall–Kier alpha value is -2.34.